The first-order valence-corrected chi connectivity index (χ1v) is 7.16. The molecule has 0 N–H and O–H groups in total. The lowest BCUT2D eigenvalue weighted by atomic mass is 10.2. The second-order valence-electron chi connectivity index (χ2n) is 3.75. The van der Waals surface area contributed by atoms with Crippen molar-refractivity contribution >= 4 is 49.3 Å². The maximum atomic E-state index is 5.96. The van der Waals surface area contributed by atoms with Crippen LogP contribution in [0.5, 0.6) is 0 Å². The van der Waals surface area contributed by atoms with Crippen LogP contribution in [0.2, 0.25) is 5.15 Å². The summed E-state index contributed by atoms with van der Waals surface area (Å²) in [5, 5.41) is 0.416. The maximum Gasteiger partial charge on any atom is 0.148 e. The van der Waals surface area contributed by atoms with Gasteiger partial charge in [-0.1, -0.05) is 45.7 Å². The minimum absolute atomic E-state index is 0.416. The summed E-state index contributed by atoms with van der Waals surface area (Å²) in [6, 6.07) is 8.09. The van der Waals surface area contributed by atoms with Crippen molar-refractivity contribution < 1.29 is 0 Å². The standard InChI is InChI=1S/C12H10Br2ClN3/c1-18(6-8-4-2-3-5-9(8)13)12-10(14)11(15)16-7-17-12/h2-5,7H,6H2,1H3. The van der Waals surface area contributed by atoms with Crippen molar-refractivity contribution in [1.29, 1.82) is 0 Å². The number of hydrogen-bond donors (Lipinski definition) is 0. The second-order valence-corrected chi connectivity index (χ2v) is 5.75. The maximum absolute atomic E-state index is 5.96. The number of anilines is 1. The Balaban J connectivity index is 2.25. The van der Waals surface area contributed by atoms with Gasteiger partial charge < -0.3 is 4.90 Å². The highest BCUT2D eigenvalue weighted by Crippen LogP contribution is 2.29. The third kappa shape index (κ3) is 3.02. The minimum Gasteiger partial charge on any atom is -0.354 e. The van der Waals surface area contributed by atoms with Crippen molar-refractivity contribution in [3.8, 4) is 0 Å². The van der Waals surface area contributed by atoms with Crippen LogP contribution in [0.25, 0.3) is 0 Å². The number of halogens is 3. The van der Waals surface area contributed by atoms with Gasteiger partial charge in [0, 0.05) is 18.1 Å². The molecule has 0 aliphatic heterocycles. The molecule has 0 aliphatic carbocycles. The molecule has 1 aromatic heterocycles. The Bertz CT molecular complexity index is 563. The van der Waals surface area contributed by atoms with E-state index in [9.17, 15) is 0 Å². The third-order valence-corrected chi connectivity index (χ3v) is 4.47. The summed E-state index contributed by atoms with van der Waals surface area (Å²) in [6.45, 7) is 0.730. The SMILES string of the molecule is CN(Cc1ccccc1Br)c1ncnc(Cl)c1Br. The normalized spacial score (nSPS) is 10.4. The van der Waals surface area contributed by atoms with E-state index in [1.165, 1.54) is 11.9 Å². The molecule has 18 heavy (non-hydrogen) atoms. The molecular formula is C12H10Br2ClN3. The first kappa shape index (κ1) is 13.8. The van der Waals surface area contributed by atoms with Gasteiger partial charge in [0.15, 0.2) is 0 Å². The highest BCUT2D eigenvalue weighted by Gasteiger charge is 2.12. The van der Waals surface area contributed by atoms with E-state index in [-0.39, 0.29) is 0 Å². The summed E-state index contributed by atoms with van der Waals surface area (Å²) >= 11 is 12.9. The van der Waals surface area contributed by atoms with Crippen LogP contribution in [0.1, 0.15) is 5.56 Å². The molecule has 2 rings (SSSR count). The molecule has 0 aliphatic rings. The predicted molar refractivity (Wildman–Crippen MR) is 81.0 cm³/mol. The first-order valence-electron chi connectivity index (χ1n) is 5.20. The Morgan fingerprint density at radius 3 is 2.67 bits per heavy atom. The second kappa shape index (κ2) is 5.99. The molecule has 1 aromatic carbocycles. The van der Waals surface area contributed by atoms with Gasteiger partial charge in [0.1, 0.15) is 17.3 Å². The summed E-state index contributed by atoms with van der Waals surface area (Å²) in [6.07, 6.45) is 1.46. The zero-order valence-corrected chi connectivity index (χ0v) is 13.5. The molecule has 0 unspecified atom stereocenters. The summed E-state index contributed by atoms with van der Waals surface area (Å²) in [4.78, 5) is 10.2. The van der Waals surface area contributed by atoms with Gasteiger partial charge in [0.25, 0.3) is 0 Å². The van der Waals surface area contributed by atoms with Gasteiger partial charge in [-0.3, -0.25) is 0 Å². The van der Waals surface area contributed by atoms with Crippen molar-refractivity contribution in [2.24, 2.45) is 0 Å². The van der Waals surface area contributed by atoms with E-state index in [1.54, 1.807) is 0 Å². The zero-order valence-electron chi connectivity index (χ0n) is 9.57. The molecule has 3 nitrogen and oxygen atoms in total. The Morgan fingerprint density at radius 1 is 1.22 bits per heavy atom. The van der Waals surface area contributed by atoms with Crippen molar-refractivity contribution in [2.45, 2.75) is 6.54 Å². The van der Waals surface area contributed by atoms with Crippen LogP contribution in [0.3, 0.4) is 0 Å². The lowest BCUT2D eigenvalue weighted by molar-refractivity contribution is 0.882. The smallest absolute Gasteiger partial charge is 0.148 e. The van der Waals surface area contributed by atoms with Crippen LogP contribution in [-0.2, 0) is 6.54 Å². The van der Waals surface area contributed by atoms with Crippen molar-refractivity contribution in [3.63, 3.8) is 0 Å². The molecule has 0 fully saturated rings. The van der Waals surface area contributed by atoms with Crippen LogP contribution in [-0.4, -0.2) is 17.0 Å². The van der Waals surface area contributed by atoms with Crippen LogP contribution < -0.4 is 4.90 Å². The van der Waals surface area contributed by atoms with E-state index in [1.807, 2.05) is 30.1 Å². The molecule has 0 radical (unpaired) electrons. The molecule has 0 amide bonds. The van der Waals surface area contributed by atoms with E-state index in [4.69, 9.17) is 11.6 Å². The van der Waals surface area contributed by atoms with E-state index in [0.29, 0.717) is 9.63 Å². The highest BCUT2D eigenvalue weighted by molar-refractivity contribution is 9.11. The molecule has 0 bridgehead atoms. The Hall–Kier alpha value is -0.650. The summed E-state index contributed by atoms with van der Waals surface area (Å²) in [7, 11) is 1.96. The van der Waals surface area contributed by atoms with E-state index < -0.39 is 0 Å². The topological polar surface area (TPSA) is 29.0 Å². The fourth-order valence-corrected chi connectivity index (χ4v) is 2.61. The first-order chi connectivity index (χ1) is 8.59. The third-order valence-electron chi connectivity index (χ3n) is 2.46. The quantitative estimate of drug-likeness (QED) is 0.731. The highest BCUT2D eigenvalue weighted by atomic mass is 79.9. The number of nitrogens with zero attached hydrogens (tertiary/aromatic N) is 3. The van der Waals surface area contributed by atoms with Gasteiger partial charge >= 0.3 is 0 Å². The molecule has 94 valence electrons. The predicted octanol–water partition coefficient (Wildman–Crippen LogP) is 4.29. The van der Waals surface area contributed by atoms with Crippen LogP contribution in [0, 0.1) is 0 Å². The molecule has 1 heterocycles. The van der Waals surface area contributed by atoms with E-state index >= 15 is 0 Å². The molecule has 0 atom stereocenters. The lowest BCUT2D eigenvalue weighted by Crippen LogP contribution is -2.18. The minimum atomic E-state index is 0.416. The van der Waals surface area contributed by atoms with Gasteiger partial charge in [-0.25, -0.2) is 9.97 Å². The molecule has 0 saturated carbocycles. The zero-order chi connectivity index (χ0) is 13.1. The number of hydrogen-bond acceptors (Lipinski definition) is 3. The fraction of sp³-hybridized carbons (Fsp3) is 0.167. The Kier molecular flexibility index (Phi) is 4.59. The van der Waals surface area contributed by atoms with E-state index in [2.05, 4.69) is 47.9 Å². The van der Waals surface area contributed by atoms with Crippen LogP contribution >= 0.6 is 43.5 Å². The van der Waals surface area contributed by atoms with Gasteiger partial charge in [-0.15, -0.1) is 0 Å². The number of rotatable bonds is 3. The number of aromatic nitrogens is 2. The van der Waals surface area contributed by atoms with Crippen LogP contribution in [0.4, 0.5) is 5.82 Å². The molecule has 6 heteroatoms. The Labute approximate surface area is 127 Å². The van der Waals surface area contributed by atoms with Gasteiger partial charge in [-0.05, 0) is 27.6 Å². The van der Waals surface area contributed by atoms with Crippen LogP contribution in [0.15, 0.2) is 39.5 Å². The molecule has 0 spiro atoms. The van der Waals surface area contributed by atoms with Crippen molar-refractivity contribution in [1.82, 2.24) is 9.97 Å². The fourth-order valence-electron chi connectivity index (χ4n) is 1.56. The summed E-state index contributed by atoms with van der Waals surface area (Å²) in [5.74, 6) is 0.769. The average molecular weight is 391 g/mol. The largest absolute Gasteiger partial charge is 0.354 e. The summed E-state index contributed by atoms with van der Waals surface area (Å²) in [5.41, 5.74) is 1.18. The average Bonchev–Trinajstić information content (AvgIpc) is 2.35. The number of benzene rings is 1. The monoisotopic (exact) mass is 389 g/mol. The Morgan fingerprint density at radius 2 is 1.94 bits per heavy atom. The lowest BCUT2D eigenvalue weighted by Gasteiger charge is -2.20. The van der Waals surface area contributed by atoms with Crippen molar-refractivity contribution in [2.75, 3.05) is 11.9 Å². The van der Waals surface area contributed by atoms with Crippen molar-refractivity contribution in [3.05, 3.63) is 50.3 Å². The van der Waals surface area contributed by atoms with E-state index in [0.717, 1.165) is 16.8 Å². The molecular weight excluding hydrogens is 381 g/mol. The van der Waals surface area contributed by atoms with Gasteiger partial charge in [0.05, 0.1) is 4.47 Å². The molecule has 2 aromatic rings. The van der Waals surface area contributed by atoms with Gasteiger partial charge in [0.2, 0.25) is 0 Å². The molecule has 0 saturated heterocycles. The van der Waals surface area contributed by atoms with Gasteiger partial charge in [-0.2, -0.15) is 0 Å². The summed E-state index contributed by atoms with van der Waals surface area (Å²) < 4.78 is 1.79.